The predicted molar refractivity (Wildman–Crippen MR) is 219 cm³/mol. The normalized spacial score (nSPS) is 11.8. The molecule has 1 N–H and O–H groups in total. The van der Waals surface area contributed by atoms with Gasteiger partial charge in [-0.1, -0.05) is 81.4 Å². The topological polar surface area (TPSA) is 130 Å². The van der Waals surface area contributed by atoms with Gasteiger partial charge in [-0.2, -0.15) is 0 Å². The summed E-state index contributed by atoms with van der Waals surface area (Å²) in [6, 6.07) is 27.7. The fourth-order valence-electron chi connectivity index (χ4n) is 6.71. The van der Waals surface area contributed by atoms with Crippen LogP contribution in [0.1, 0.15) is 32.2 Å². The quantitative estimate of drug-likeness (QED) is 0.0909. The SMILES string of the molecule is COc1cnc2c(-c3nc4cc(F)c(OCCOC(=O)Nc5cnc(CCO[Si](c6ccccc6)(c6ccccc6)C(C)(C)C)nc5)cc4s3)cc(C)cc2n1. The van der Waals surface area contributed by atoms with Crippen LogP contribution in [-0.4, -0.2) is 66.3 Å². The molecule has 0 aliphatic heterocycles. The van der Waals surface area contributed by atoms with Gasteiger partial charge in [-0.3, -0.25) is 5.32 Å². The smallest absolute Gasteiger partial charge is 0.411 e. The predicted octanol–water partition coefficient (Wildman–Crippen LogP) is 7.90. The summed E-state index contributed by atoms with van der Waals surface area (Å²) in [6.45, 7) is 8.91. The zero-order valence-electron chi connectivity index (χ0n) is 31.7. The number of rotatable bonds is 13. The first-order valence-corrected chi connectivity index (χ1v) is 20.8. The summed E-state index contributed by atoms with van der Waals surface area (Å²) in [5.41, 5.74) is 3.97. The van der Waals surface area contributed by atoms with Crippen molar-refractivity contribution in [1.29, 1.82) is 0 Å². The minimum Gasteiger partial charge on any atom is -0.487 e. The highest BCUT2D eigenvalue weighted by Crippen LogP contribution is 2.38. The summed E-state index contributed by atoms with van der Waals surface area (Å²) in [5.74, 6) is 0.449. The molecule has 0 atom stereocenters. The Balaban J connectivity index is 0.925. The van der Waals surface area contributed by atoms with E-state index in [9.17, 15) is 4.79 Å². The van der Waals surface area contributed by atoms with Gasteiger partial charge in [0.25, 0.3) is 8.32 Å². The van der Waals surface area contributed by atoms with Crippen LogP contribution in [-0.2, 0) is 15.6 Å². The first kappa shape index (κ1) is 38.4. The number of nitrogens with one attached hydrogen (secondary N) is 1. The van der Waals surface area contributed by atoms with Gasteiger partial charge >= 0.3 is 6.09 Å². The number of carbonyl (C=O) groups is 1. The van der Waals surface area contributed by atoms with Crippen molar-refractivity contribution in [2.75, 3.05) is 32.2 Å². The zero-order valence-corrected chi connectivity index (χ0v) is 33.5. The number of hydrogen-bond acceptors (Lipinski definition) is 11. The number of aromatic nitrogens is 5. The molecule has 0 saturated heterocycles. The maximum absolute atomic E-state index is 15.0. The molecule has 0 unspecified atom stereocenters. The lowest BCUT2D eigenvalue weighted by Crippen LogP contribution is -2.66. The van der Waals surface area contributed by atoms with E-state index in [1.807, 2.05) is 31.2 Å². The van der Waals surface area contributed by atoms with E-state index in [-0.39, 0.29) is 24.0 Å². The minimum atomic E-state index is -2.68. The van der Waals surface area contributed by atoms with E-state index in [1.165, 1.54) is 40.2 Å². The molecule has 0 spiro atoms. The van der Waals surface area contributed by atoms with Crippen LogP contribution in [0.15, 0.2) is 104 Å². The van der Waals surface area contributed by atoms with Crippen LogP contribution in [0, 0.1) is 12.7 Å². The van der Waals surface area contributed by atoms with E-state index < -0.39 is 20.2 Å². The number of amides is 1. The Hall–Kier alpha value is -5.83. The summed E-state index contributed by atoms with van der Waals surface area (Å²) in [4.78, 5) is 35.1. The van der Waals surface area contributed by atoms with Crippen LogP contribution in [0.5, 0.6) is 11.6 Å². The largest absolute Gasteiger partial charge is 0.487 e. The average molecular weight is 789 g/mol. The number of anilines is 1. The van der Waals surface area contributed by atoms with E-state index in [0.29, 0.717) is 52.0 Å². The lowest BCUT2D eigenvalue weighted by atomic mass is 10.1. The lowest BCUT2D eigenvalue weighted by molar-refractivity contribution is 0.136. The van der Waals surface area contributed by atoms with Crippen molar-refractivity contribution in [2.45, 2.75) is 39.2 Å². The van der Waals surface area contributed by atoms with Crippen molar-refractivity contribution < 1.29 is 27.8 Å². The summed E-state index contributed by atoms with van der Waals surface area (Å²) in [7, 11) is -1.14. The molecule has 0 bridgehead atoms. The molecule has 0 aliphatic rings. The first-order chi connectivity index (χ1) is 27.0. The van der Waals surface area contributed by atoms with Crippen LogP contribution in [0.2, 0.25) is 5.04 Å². The molecular formula is C42H41FN6O5SSi. The van der Waals surface area contributed by atoms with Crippen molar-refractivity contribution in [3.05, 3.63) is 121 Å². The molecule has 0 saturated carbocycles. The van der Waals surface area contributed by atoms with Gasteiger partial charge in [-0.15, -0.1) is 11.3 Å². The molecule has 0 radical (unpaired) electrons. The Labute approximate surface area is 329 Å². The average Bonchev–Trinajstić information content (AvgIpc) is 3.61. The number of thiazole rings is 1. The molecule has 14 heteroatoms. The van der Waals surface area contributed by atoms with Crippen LogP contribution in [0.25, 0.3) is 31.8 Å². The monoisotopic (exact) mass is 788 g/mol. The second-order valence-electron chi connectivity index (χ2n) is 14.1. The summed E-state index contributed by atoms with van der Waals surface area (Å²) in [5, 5.41) is 5.56. The fraction of sp³-hybridized carbons (Fsp3) is 0.238. The van der Waals surface area contributed by atoms with Crippen LogP contribution >= 0.6 is 11.3 Å². The third-order valence-corrected chi connectivity index (χ3v) is 15.3. The molecule has 7 aromatic rings. The van der Waals surface area contributed by atoms with E-state index in [0.717, 1.165) is 15.8 Å². The third kappa shape index (κ3) is 8.22. The molecule has 7 rings (SSSR count). The number of hydrogen-bond donors (Lipinski definition) is 1. The molecular weight excluding hydrogens is 748 g/mol. The Bertz CT molecular complexity index is 2430. The maximum atomic E-state index is 15.0. The number of benzene rings is 4. The van der Waals surface area contributed by atoms with Gasteiger partial charge in [0.05, 0.1) is 52.6 Å². The summed E-state index contributed by atoms with van der Waals surface area (Å²) >= 11 is 1.39. The molecule has 56 heavy (non-hydrogen) atoms. The molecule has 3 heterocycles. The molecule has 1 amide bonds. The number of aryl methyl sites for hydroxylation is 1. The van der Waals surface area contributed by atoms with Crippen LogP contribution in [0.3, 0.4) is 0 Å². The highest BCUT2D eigenvalue weighted by molar-refractivity contribution is 7.21. The van der Waals surface area contributed by atoms with Crippen LogP contribution in [0.4, 0.5) is 14.9 Å². The highest BCUT2D eigenvalue weighted by Gasteiger charge is 2.50. The van der Waals surface area contributed by atoms with Crippen molar-refractivity contribution in [3.63, 3.8) is 0 Å². The number of fused-ring (bicyclic) bond motifs is 2. The van der Waals surface area contributed by atoms with E-state index in [2.05, 4.69) is 99.5 Å². The Kier molecular flexibility index (Phi) is 11.3. The number of methoxy groups -OCH3 is 1. The molecule has 286 valence electrons. The van der Waals surface area contributed by atoms with Crippen LogP contribution < -0.4 is 25.2 Å². The van der Waals surface area contributed by atoms with Crippen molar-refractivity contribution in [3.8, 4) is 22.2 Å². The third-order valence-electron chi connectivity index (χ3n) is 9.24. The number of halogens is 1. The second kappa shape index (κ2) is 16.5. The molecule has 0 fully saturated rings. The Morgan fingerprint density at radius 2 is 1.54 bits per heavy atom. The van der Waals surface area contributed by atoms with Gasteiger partial charge in [-0.25, -0.2) is 34.1 Å². The van der Waals surface area contributed by atoms with Gasteiger partial charge in [-0.05, 0) is 40.0 Å². The van der Waals surface area contributed by atoms with Crippen molar-refractivity contribution in [1.82, 2.24) is 24.9 Å². The zero-order chi connectivity index (χ0) is 39.3. The molecule has 11 nitrogen and oxygen atoms in total. The van der Waals surface area contributed by atoms with E-state index in [4.69, 9.17) is 18.6 Å². The summed E-state index contributed by atoms with van der Waals surface area (Å²) in [6.07, 6.45) is 4.39. The maximum Gasteiger partial charge on any atom is 0.411 e. The van der Waals surface area contributed by atoms with Gasteiger partial charge < -0.3 is 18.6 Å². The van der Waals surface area contributed by atoms with Gasteiger partial charge in [0.1, 0.15) is 24.0 Å². The lowest BCUT2D eigenvalue weighted by Gasteiger charge is -2.43. The molecule has 4 aromatic carbocycles. The van der Waals surface area contributed by atoms with Gasteiger partial charge in [0.15, 0.2) is 11.6 Å². The Morgan fingerprint density at radius 1 is 0.839 bits per heavy atom. The Morgan fingerprint density at radius 3 is 2.20 bits per heavy atom. The fourth-order valence-corrected chi connectivity index (χ4v) is 12.3. The standard InChI is InChI=1S/C42H41FN6O5SSi/c1-27-20-31(39-34(21-27)48-38(51-5)26-46-39)40-49-33-22-32(43)35(23-36(33)55-40)52-18-19-53-41(50)47-28-24-44-37(45-25-28)16-17-54-56(42(2,3)4,29-12-8-6-9-13-29)30-14-10-7-11-15-30/h6-15,20-26H,16-19H2,1-5H3,(H,47,50). The minimum absolute atomic E-state index is 0.0262. The number of ether oxygens (including phenoxy) is 3. The number of nitrogens with zero attached hydrogens (tertiary/aromatic N) is 5. The molecule has 0 aliphatic carbocycles. The first-order valence-electron chi connectivity index (χ1n) is 18.1. The van der Waals surface area contributed by atoms with E-state index in [1.54, 1.807) is 19.4 Å². The van der Waals surface area contributed by atoms with Gasteiger partial charge in [0.2, 0.25) is 5.88 Å². The second-order valence-corrected chi connectivity index (χ2v) is 19.5. The highest BCUT2D eigenvalue weighted by atomic mass is 32.1. The molecule has 3 aromatic heterocycles. The van der Waals surface area contributed by atoms with Crippen molar-refractivity contribution in [2.24, 2.45) is 0 Å². The van der Waals surface area contributed by atoms with Gasteiger partial charge in [0, 0.05) is 30.7 Å². The van der Waals surface area contributed by atoms with E-state index >= 15 is 4.39 Å². The summed E-state index contributed by atoms with van der Waals surface area (Å²) < 4.78 is 38.9. The van der Waals surface area contributed by atoms with Crippen molar-refractivity contribution >= 4 is 63.1 Å². The number of carbonyl (C=O) groups excluding carboxylic acids is 1.